The van der Waals surface area contributed by atoms with Gasteiger partial charge in [-0.2, -0.15) is 0 Å². The number of aldehydes is 1. The molecule has 0 aliphatic rings. The Kier molecular flexibility index (Phi) is 4.45. The van der Waals surface area contributed by atoms with Crippen LogP contribution in [-0.4, -0.2) is 44.4 Å². The molecule has 5 heteroatoms. The predicted molar refractivity (Wildman–Crippen MR) is 58.5 cm³/mol. The van der Waals surface area contributed by atoms with E-state index in [1.54, 1.807) is 31.2 Å². The minimum absolute atomic E-state index is 0.0786. The summed E-state index contributed by atoms with van der Waals surface area (Å²) in [7, 11) is 3.30. The van der Waals surface area contributed by atoms with Gasteiger partial charge in [-0.3, -0.25) is 9.59 Å². The zero-order valence-corrected chi connectivity index (χ0v) is 9.54. The molecule has 0 atom stereocenters. The minimum atomic E-state index is -0.0786. The van der Waals surface area contributed by atoms with Crippen molar-refractivity contribution < 1.29 is 14.3 Å². The van der Waals surface area contributed by atoms with Crippen LogP contribution in [0, 0.1) is 0 Å². The monoisotopic (exact) mass is 227 g/mol. The normalized spacial score (nSPS) is 10.0. The smallest absolute Gasteiger partial charge is 0.263 e. The van der Waals surface area contributed by atoms with E-state index in [1.807, 2.05) is 0 Å². The second-order valence-corrected chi connectivity index (χ2v) is 4.15. The van der Waals surface area contributed by atoms with E-state index < -0.39 is 0 Å². The van der Waals surface area contributed by atoms with Crippen LogP contribution in [0.25, 0.3) is 0 Å². The molecule has 1 aromatic rings. The van der Waals surface area contributed by atoms with Gasteiger partial charge in [0.2, 0.25) is 0 Å². The van der Waals surface area contributed by atoms with E-state index in [0.717, 1.165) is 6.29 Å². The molecule has 1 amide bonds. The lowest BCUT2D eigenvalue weighted by molar-refractivity contribution is 0.0749. The van der Waals surface area contributed by atoms with Gasteiger partial charge in [0.25, 0.3) is 5.91 Å². The maximum absolute atomic E-state index is 11.7. The van der Waals surface area contributed by atoms with Crippen molar-refractivity contribution >= 4 is 23.5 Å². The first-order valence-electron chi connectivity index (χ1n) is 4.48. The predicted octanol–water partition coefficient (Wildman–Crippen LogP) is 1.28. The molecule has 0 aliphatic heterocycles. The van der Waals surface area contributed by atoms with E-state index >= 15 is 0 Å². The maximum Gasteiger partial charge on any atom is 0.263 e. The van der Waals surface area contributed by atoms with Gasteiger partial charge >= 0.3 is 0 Å². The molecule has 82 valence electrons. The molecule has 0 N–H and O–H groups in total. The van der Waals surface area contributed by atoms with E-state index in [0.29, 0.717) is 22.9 Å². The van der Waals surface area contributed by atoms with Crippen molar-refractivity contribution in [2.45, 2.75) is 0 Å². The molecule has 0 aliphatic carbocycles. The molecule has 1 heterocycles. The van der Waals surface area contributed by atoms with E-state index in [4.69, 9.17) is 4.74 Å². The van der Waals surface area contributed by atoms with Gasteiger partial charge in [0.1, 0.15) is 0 Å². The first-order chi connectivity index (χ1) is 7.19. The Hall–Kier alpha value is -1.20. The molecule has 0 aromatic carbocycles. The Morgan fingerprint density at radius 1 is 1.60 bits per heavy atom. The minimum Gasteiger partial charge on any atom is -0.383 e. The number of hydrogen-bond acceptors (Lipinski definition) is 4. The van der Waals surface area contributed by atoms with Gasteiger partial charge in [-0.25, -0.2) is 0 Å². The topological polar surface area (TPSA) is 46.6 Å². The van der Waals surface area contributed by atoms with Crippen LogP contribution in [0.3, 0.4) is 0 Å². The van der Waals surface area contributed by atoms with Gasteiger partial charge < -0.3 is 9.64 Å². The standard InChI is InChI=1S/C10H13NO3S/c1-11(5-6-14-2)10(13)9-4-3-8(7-12)15-9/h3-4,7H,5-6H2,1-2H3. The largest absolute Gasteiger partial charge is 0.383 e. The highest BCUT2D eigenvalue weighted by atomic mass is 32.1. The molecular formula is C10H13NO3S. The van der Waals surface area contributed by atoms with Crippen LogP contribution in [0.5, 0.6) is 0 Å². The number of hydrogen-bond donors (Lipinski definition) is 0. The molecule has 0 spiro atoms. The molecule has 4 nitrogen and oxygen atoms in total. The Morgan fingerprint density at radius 3 is 2.87 bits per heavy atom. The average Bonchev–Trinajstić information content (AvgIpc) is 2.73. The molecule has 0 bridgehead atoms. The average molecular weight is 227 g/mol. The van der Waals surface area contributed by atoms with Crippen molar-refractivity contribution in [3.63, 3.8) is 0 Å². The Morgan fingerprint density at radius 2 is 2.33 bits per heavy atom. The first kappa shape index (κ1) is 11.9. The third kappa shape index (κ3) is 3.14. The molecule has 0 radical (unpaired) electrons. The highest BCUT2D eigenvalue weighted by Crippen LogP contribution is 2.15. The Bertz CT molecular complexity index is 348. The highest BCUT2D eigenvalue weighted by Gasteiger charge is 2.13. The number of ether oxygens (including phenoxy) is 1. The van der Waals surface area contributed by atoms with Gasteiger partial charge in [0, 0.05) is 20.7 Å². The number of methoxy groups -OCH3 is 1. The molecule has 15 heavy (non-hydrogen) atoms. The van der Waals surface area contributed by atoms with Gasteiger partial charge in [0.15, 0.2) is 6.29 Å². The summed E-state index contributed by atoms with van der Waals surface area (Å²) in [6, 6.07) is 3.31. The molecule has 1 aromatic heterocycles. The van der Waals surface area contributed by atoms with E-state index in [9.17, 15) is 9.59 Å². The van der Waals surface area contributed by atoms with Crippen molar-refractivity contribution in [1.29, 1.82) is 0 Å². The highest BCUT2D eigenvalue weighted by molar-refractivity contribution is 7.15. The van der Waals surface area contributed by atoms with Crippen molar-refractivity contribution in [2.75, 3.05) is 27.3 Å². The second-order valence-electron chi connectivity index (χ2n) is 3.04. The van der Waals surface area contributed by atoms with E-state index in [2.05, 4.69) is 0 Å². The number of carbonyl (C=O) groups excluding carboxylic acids is 2. The number of carbonyl (C=O) groups is 2. The van der Waals surface area contributed by atoms with Crippen LogP contribution in [0.1, 0.15) is 19.3 Å². The number of likely N-dealkylation sites (N-methyl/N-ethyl adjacent to an activating group) is 1. The van der Waals surface area contributed by atoms with Crippen LogP contribution < -0.4 is 0 Å². The van der Waals surface area contributed by atoms with Crippen molar-refractivity contribution in [3.05, 3.63) is 21.9 Å². The summed E-state index contributed by atoms with van der Waals surface area (Å²) in [6.45, 7) is 1.05. The maximum atomic E-state index is 11.7. The van der Waals surface area contributed by atoms with Gasteiger partial charge in [-0.15, -0.1) is 11.3 Å². The molecular weight excluding hydrogens is 214 g/mol. The summed E-state index contributed by atoms with van der Waals surface area (Å²) in [5, 5.41) is 0. The lowest BCUT2D eigenvalue weighted by Gasteiger charge is -2.15. The molecule has 0 saturated heterocycles. The number of amides is 1. The van der Waals surface area contributed by atoms with Gasteiger partial charge in [-0.1, -0.05) is 0 Å². The number of rotatable bonds is 5. The molecule has 0 unspecified atom stereocenters. The van der Waals surface area contributed by atoms with Crippen molar-refractivity contribution in [3.8, 4) is 0 Å². The van der Waals surface area contributed by atoms with Crippen LogP contribution in [0.4, 0.5) is 0 Å². The van der Waals surface area contributed by atoms with E-state index in [1.165, 1.54) is 11.3 Å². The fourth-order valence-electron chi connectivity index (χ4n) is 1.05. The van der Waals surface area contributed by atoms with Gasteiger partial charge in [-0.05, 0) is 12.1 Å². The molecule has 0 fully saturated rings. The van der Waals surface area contributed by atoms with Crippen LogP contribution in [-0.2, 0) is 4.74 Å². The first-order valence-corrected chi connectivity index (χ1v) is 5.30. The summed E-state index contributed by atoms with van der Waals surface area (Å²) in [5.41, 5.74) is 0. The third-order valence-electron chi connectivity index (χ3n) is 1.93. The van der Waals surface area contributed by atoms with E-state index in [-0.39, 0.29) is 5.91 Å². The number of thiophene rings is 1. The Balaban J connectivity index is 2.62. The summed E-state index contributed by atoms with van der Waals surface area (Å²) in [6.07, 6.45) is 0.747. The SMILES string of the molecule is COCCN(C)C(=O)c1ccc(C=O)s1. The lowest BCUT2D eigenvalue weighted by Crippen LogP contribution is -2.29. The second kappa shape index (κ2) is 5.63. The summed E-state index contributed by atoms with van der Waals surface area (Å²) in [5.74, 6) is -0.0786. The van der Waals surface area contributed by atoms with Crippen LogP contribution in [0.15, 0.2) is 12.1 Å². The fraction of sp³-hybridized carbons (Fsp3) is 0.400. The van der Waals surface area contributed by atoms with Gasteiger partial charge in [0.05, 0.1) is 16.4 Å². The van der Waals surface area contributed by atoms with Crippen LogP contribution >= 0.6 is 11.3 Å². The van der Waals surface area contributed by atoms with Crippen molar-refractivity contribution in [2.24, 2.45) is 0 Å². The zero-order chi connectivity index (χ0) is 11.3. The molecule has 0 saturated carbocycles. The summed E-state index contributed by atoms with van der Waals surface area (Å²) < 4.78 is 4.88. The van der Waals surface area contributed by atoms with Crippen LogP contribution in [0.2, 0.25) is 0 Å². The van der Waals surface area contributed by atoms with Crippen molar-refractivity contribution in [1.82, 2.24) is 4.90 Å². The summed E-state index contributed by atoms with van der Waals surface area (Å²) in [4.78, 5) is 24.9. The fourth-order valence-corrected chi connectivity index (χ4v) is 1.87. The quantitative estimate of drug-likeness (QED) is 0.712. The lowest BCUT2D eigenvalue weighted by atomic mass is 10.4. The number of nitrogens with zero attached hydrogens (tertiary/aromatic N) is 1. The summed E-state index contributed by atoms with van der Waals surface area (Å²) >= 11 is 1.20. The zero-order valence-electron chi connectivity index (χ0n) is 8.73. The molecule has 1 rings (SSSR count). The third-order valence-corrected chi connectivity index (χ3v) is 2.93. The Labute approximate surface area is 92.5 Å².